The maximum Gasteiger partial charge on any atom is 0.270 e. The number of para-hydroxylation sites is 1. The minimum absolute atomic E-state index is 0.00392. The number of thiocarbonyl (C=S) groups is 1. The van der Waals surface area contributed by atoms with Crippen LogP contribution in [0.5, 0.6) is 5.75 Å². The lowest BCUT2D eigenvalue weighted by Crippen LogP contribution is -2.24. The van der Waals surface area contributed by atoms with Crippen LogP contribution in [0, 0.1) is 15.9 Å². The predicted molar refractivity (Wildman–Crippen MR) is 85.9 cm³/mol. The average molecular weight is 333 g/mol. The summed E-state index contributed by atoms with van der Waals surface area (Å²) in [5.41, 5.74) is 2.37. The normalized spacial score (nSPS) is 10.5. The highest BCUT2D eigenvalue weighted by Crippen LogP contribution is 2.19. The zero-order chi connectivity index (χ0) is 16.8. The summed E-state index contributed by atoms with van der Waals surface area (Å²) < 4.78 is 13.4. The van der Waals surface area contributed by atoms with Crippen molar-refractivity contribution < 1.29 is 14.4 Å². The third-order valence-electron chi connectivity index (χ3n) is 2.70. The summed E-state index contributed by atoms with van der Waals surface area (Å²) in [4.78, 5) is 10.0. The Morgan fingerprint density at radius 1 is 1.30 bits per heavy atom. The van der Waals surface area contributed by atoms with Crippen LogP contribution >= 0.6 is 12.2 Å². The molecule has 0 fully saturated rings. The zero-order valence-corrected chi connectivity index (χ0v) is 12.3. The van der Waals surface area contributed by atoms with Gasteiger partial charge >= 0.3 is 0 Å². The van der Waals surface area contributed by atoms with Crippen LogP contribution in [0.15, 0.2) is 47.6 Å². The molecule has 0 saturated carbocycles. The van der Waals surface area contributed by atoms with Crippen LogP contribution in [-0.4, -0.2) is 16.3 Å². The molecule has 0 bridgehead atoms. The Morgan fingerprint density at radius 3 is 2.74 bits per heavy atom. The number of halogens is 1. The van der Waals surface area contributed by atoms with Gasteiger partial charge in [0.15, 0.2) is 5.11 Å². The first-order valence-electron chi connectivity index (χ1n) is 6.27. The first-order chi connectivity index (χ1) is 11.0. The zero-order valence-electron chi connectivity index (χ0n) is 11.5. The minimum atomic E-state index is -0.616. The Morgan fingerprint density at radius 2 is 2.04 bits per heavy atom. The summed E-state index contributed by atoms with van der Waals surface area (Å²) in [6.45, 7) is 0. The van der Waals surface area contributed by atoms with Crippen LogP contribution in [-0.2, 0) is 0 Å². The second-order valence-corrected chi connectivity index (χ2v) is 4.69. The molecule has 0 unspecified atom stereocenters. The molecule has 9 heteroatoms. The molecule has 2 rings (SSSR count). The maximum atomic E-state index is 13.4. The van der Waals surface area contributed by atoms with Gasteiger partial charge in [-0.25, -0.2) is 4.39 Å². The molecule has 0 radical (unpaired) electrons. The molecule has 0 saturated heterocycles. The lowest BCUT2D eigenvalue weighted by molar-refractivity contribution is -0.385. The van der Waals surface area contributed by atoms with E-state index in [0.717, 1.165) is 24.4 Å². The molecule has 23 heavy (non-hydrogen) atoms. The maximum absolute atomic E-state index is 13.4. The summed E-state index contributed by atoms with van der Waals surface area (Å²) in [6, 6.07) is 9.20. The van der Waals surface area contributed by atoms with Gasteiger partial charge in [-0.2, -0.15) is 5.10 Å². The van der Waals surface area contributed by atoms with Gasteiger partial charge in [0.1, 0.15) is 5.82 Å². The van der Waals surface area contributed by atoms with Crippen molar-refractivity contribution in [2.45, 2.75) is 0 Å². The molecular weight excluding hydrogens is 323 g/mol. The highest BCUT2D eigenvalue weighted by Gasteiger charge is 2.05. The Hall–Kier alpha value is -3.07. The molecular formula is C14H10FN4O3S-. The van der Waals surface area contributed by atoms with Gasteiger partial charge in [0.25, 0.3) is 5.69 Å². The van der Waals surface area contributed by atoms with Crippen molar-refractivity contribution in [3.8, 4) is 5.75 Å². The van der Waals surface area contributed by atoms with E-state index < -0.39 is 16.5 Å². The van der Waals surface area contributed by atoms with Gasteiger partial charge < -0.3 is 10.4 Å². The fraction of sp³-hybridized carbons (Fsp3) is 0. The van der Waals surface area contributed by atoms with Gasteiger partial charge in [-0.1, -0.05) is 23.9 Å². The van der Waals surface area contributed by atoms with E-state index in [1.54, 1.807) is 6.07 Å². The Kier molecular flexibility index (Phi) is 5.15. The third kappa shape index (κ3) is 4.45. The number of non-ortho nitro benzene ring substituents is 1. The SMILES string of the molecule is O=[N+]([O-])c1ccc([O-])c(/C=N\NC(=S)Nc2ccccc2F)c1. The van der Waals surface area contributed by atoms with E-state index in [1.165, 1.54) is 18.2 Å². The van der Waals surface area contributed by atoms with Crippen LogP contribution < -0.4 is 15.8 Å². The molecule has 7 nitrogen and oxygen atoms in total. The second-order valence-electron chi connectivity index (χ2n) is 4.28. The molecule has 2 aromatic rings. The van der Waals surface area contributed by atoms with Crippen molar-refractivity contribution in [1.82, 2.24) is 5.43 Å². The standard InChI is InChI=1S/C14H11FN4O3S/c15-11-3-1-2-4-12(11)17-14(23)18-16-8-9-7-10(19(21)22)5-6-13(9)20/h1-8,20H,(H2,17,18,23)/p-1/b16-8-. The number of nitrogens with zero attached hydrogens (tertiary/aromatic N) is 2. The Bertz CT molecular complexity index is 782. The van der Waals surface area contributed by atoms with Crippen molar-refractivity contribution in [3.05, 3.63) is 64.0 Å². The lowest BCUT2D eigenvalue weighted by Gasteiger charge is -2.10. The summed E-state index contributed by atoms with van der Waals surface area (Å²) in [7, 11) is 0. The molecule has 0 aliphatic heterocycles. The number of nitro benzene ring substituents is 1. The fourth-order valence-electron chi connectivity index (χ4n) is 1.62. The number of hydrazone groups is 1. The Labute approximate surface area is 135 Å². The van der Waals surface area contributed by atoms with E-state index in [0.29, 0.717) is 0 Å². The van der Waals surface area contributed by atoms with Crippen LogP contribution in [0.3, 0.4) is 0 Å². The van der Waals surface area contributed by atoms with Crippen LogP contribution in [0.2, 0.25) is 0 Å². The van der Waals surface area contributed by atoms with Crippen LogP contribution in [0.4, 0.5) is 15.8 Å². The average Bonchev–Trinajstić information content (AvgIpc) is 2.51. The molecule has 2 N–H and O–H groups in total. The number of benzene rings is 2. The smallest absolute Gasteiger partial charge is 0.270 e. The van der Waals surface area contributed by atoms with Gasteiger partial charge in [0.2, 0.25) is 0 Å². The van der Waals surface area contributed by atoms with E-state index in [9.17, 15) is 19.6 Å². The predicted octanol–water partition coefficient (Wildman–Crippen LogP) is 2.13. The number of hydrogen-bond donors (Lipinski definition) is 2. The van der Waals surface area contributed by atoms with Gasteiger partial charge in [0, 0.05) is 12.1 Å². The lowest BCUT2D eigenvalue weighted by atomic mass is 10.2. The Balaban J connectivity index is 2.01. The number of nitrogens with one attached hydrogen (secondary N) is 2. The third-order valence-corrected chi connectivity index (χ3v) is 2.89. The van der Waals surface area contributed by atoms with Gasteiger partial charge in [-0.15, -0.1) is 0 Å². The first kappa shape index (κ1) is 16.3. The number of rotatable bonds is 4. The molecule has 0 atom stereocenters. The van der Waals surface area contributed by atoms with Gasteiger partial charge in [-0.05, 0) is 29.9 Å². The monoisotopic (exact) mass is 333 g/mol. The second kappa shape index (κ2) is 7.27. The van der Waals surface area contributed by atoms with Gasteiger partial charge in [0.05, 0.1) is 16.8 Å². The first-order valence-corrected chi connectivity index (χ1v) is 6.68. The van der Waals surface area contributed by atoms with Crippen molar-refractivity contribution in [3.63, 3.8) is 0 Å². The highest BCUT2D eigenvalue weighted by atomic mass is 32.1. The highest BCUT2D eigenvalue weighted by molar-refractivity contribution is 7.80. The van der Waals surface area contributed by atoms with Gasteiger partial charge in [-0.3, -0.25) is 15.5 Å². The summed E-state index contributed by atoms with van der Waals surface area (Å²) in [5, 5.41) is 28.5. The van der Waals surface area contributed by atoms with Crippen LogP contribution in [0.1, 0.15) is 5.56 Å². The van der Waals surface area contributed by atoms with E-state index in [4.69, 9.17) is 12.2 Å². The molecule has 118 valence electrons. The fourth-order valence-corrected chi connectivity index (χ4v) is 1.79. The molecule has 0 aliphatic rings. The molecule has 0 aliphatic carbocycles. The van der Waals surface area contributed by atoms with Crippen molar-refractivity contribution in [2.75, 3.05) is 5.32 Å². The number of hydrogen-bond acceptors (Lipinski definition) is 5. The largest absolute Gasteiger partial charge is 0.872 e. The van der Waals surface area contributed by atoms with Crippen molar-refractivity contribution >= 4 is 34.9 Å². The quantitative estimate of drug-likeness (QED) is 0.384. The van der Waals surface area contributed by atoms with Crippen molar-refractivity contribution in [2.24, 2.45) is 5.10 Å². The number of anilines is 1. The van der Waals surface area contributed by atoms with E-state index in [-0.39, 0.29) is 22.1 Å². The van der Waals surface area contributed by atoms with Crippen molar-refractivity contribution in [1.29, 1.82) is 0 Å². The summed E-state index contributed by atoms with van der Waals surface area (Å²) >= 11 is 4.92. The summed E-state index contributed by atoms with van der Waals surface area (Å²) in [6.07, 6.45) is 1.10. The van der Waals surface area contributed by atoms with E-state index in [2.05, 4.69) is 15.8 Å². The van der Waals surface area contributed by atoms with E-state index >= 15 is 0 Å². The van der Waals surface area contributed by atoms with Crippen LogP contribution in [0.25, 0.3) is 0 Å². The summed E-state index contributed by atoms with van der Waals surface area (Å²) in [5.74, 6) is -0.907. The number of nitro groups is 1. The molecule has 0 heterocycles. The molecule has 0 amide bonds. The minimum Gasteiger partial charge on any atom is -0.872 e. The topological polar surface area (TPSA) is 103 Å². The van der Waals surface area contributed by atoms with E-state index in [1.807, 2.05) is 0 Å². The molecule has 0 aromatic heterocycles. The molecule has 0 spiro atoms. The molecule has 2 aromatic carbocycles.